The second-order valence-corrected chi connectivity index (χ2v) is 3.54. The van der Waals surface area contributed by atoms with Gasteiger partial charge in [-0.3, -0.25) is 9.48 Å². The molecule has 0 radical (unpaired) electrons. The Morgan fingerprint density at radius 3 is 3.00 bits per heavy atom. The molecule has 17 heavy (non-hydrogen) atoms. The lowest BCUT2D eigenvalue weighted by atomic mass is 10.5. The first kappa shape index (κ1) is 11.3. The van der Waals surface area contributed by atoms with Crippen molar-refractivity contribution in [2.45, 2.75) is 6.54 Å². The summed E-state index contributed by atoms with van der Waals surface area (Å²) in [6.07, 6.45) is 3.07. The number of nitrogen functional groups attached to an aromatic ring is 1. The fraction of sp³-hybridized carbons (Fsp3) is 0.111. The summed E-state index contributed by atoms with van der Waals surface area (Å²) in [6.45, 7) is 0.0544. The van der Waals surface area contributed by atoms with E-state index in [1.807, 2.05) is 0 Å². The third-order valence-corrected chi connectivity index (χ3v) is 2.04. The van der Waals surface area contributed by atoms with Gasteiger partial charge in [-0.05, 0) is 23.7 Å². The number of halogens is 1. The lowest BCUT2D eigenvalue weighted by Gasteiger charge is -2.04. The van der Waals surface area contributed by atoms with E-state index >= 15 is 0 Å². The van der Waals surface area contributed by atoms with Crippen LogP contribution in [0.1, 0.15) is 0 Å². The van der Waals surface area contributed by atoms with Gasteiger partial charge in [-0.25, -0.2) is 9.97 Å². The van der Waals surface area contributed by atoms with Crippen LogP contribution in [0.25, 0.3) is 0 Å². The summed E-state index contributed by atoms with van der Waals surface area (Å²) in [6, 6.07) is 3.15. The predicted octanol–water partition coefficient (Wildman–Crippen LogP) is 0.547. The van der Waals surface area contributed by atoms with Crippen molar-refractivity contribution >= 4 is 29.1 Å². The SMILES string of the molecule is Nc1ccn(CC(=O)Nc2ccnc(Cl)n2)n1. The van der Waals surface area contributed by atoms with Crippen LogP contribution in [-0.2, 0) is 11.3 Å². The summed E-state index contributed by atoms with van der Waals surface area (Å²) in [7, 11) is 0. The van der Waals surface area contributed by atoms with Gasteiger partial charge >= 0.3 is 0 Å². The second-order valence-electron chi connectivity index (χ2n) is 3.20. The number of nitrogens with two attached hydrogens (primary N) is 1. The fourth-order valence-electron chi connectivity index (χ4n) is 1.20. The largest absolute Gasteiger partial charge is 0.382 e. The zero-order valence-electron chi connectivity index (χ0n) is 8.67. The molecule has 2 heterocycles. The van der Waals surface area contributed by atoms with Gasteiger partial charge in [0.15, 0.2) is 0 Å². The fourth-order valence-corrected chi connectivity index (χ4v) is 1.35. The Kier molecular flexibility index (Phi) is 3.20. The topological polar surface area (TPSA) is 98.7 Å². The number of aromatic nitrogens is 4. The van der Waals surface area contributed by atoms with Crippen molar-refractivity contribution in [3.05, 3.63) is 29.8 Å². The predicted molar refractivity (Wildman–Crippen MR) is 62.3 cm³/mol. The van der Waals surface area contributed by atoms with E-state index in [0.29, 0.717) is 11.6 Å². The molecule has 2 rings (SSSR count). The highest BCUT2D eigenvalue weighted by Crippen LogP contribution is 2.06. The number of amides is 1. The van der Waals surface area contributed by atoms with E-state index in [4.69, 9.17) is 17.3 Å². The minimum Gasteiger partial charge on any atom is -0.382 e. The number of carbonyl (C=O) groups is 1. The molecule has 0 atom stereocenters. The normalized spacial score (nSPS) is 10.2. The summed E-state index contributed by atoms with van der Waals surface area (Å²) in [5.74, 6) is 0.431. The zero-order chi connectivity index (χ0) is 12.3. The van der Waals surface area contributed by atoms with Crippen LogP contribution in [-0.4, -0.2) is 25.7 Å². The van der Waals surface area contributed by atoms with E-state index in [0.717, 1.165) is 0 Å². The van der Waals surface area contributed by atoms with Crippen molar-refractivity contribution in [2.75, 3.05) is 11.1 Å². The molecule has 0 saturated carbocycles. The molecule has 1 amide bonds. The molecule has 2 aromatic heterocycles. The van der Waals surface area contributed by atoms with Gasteiger partial charge < -0.3 is 11.1 Å². The van der Waals surface area contributed by atoms with E-state index in [1.165, 1.54) is 10.9 Å². The van der Waals surface area contributed by atoms with Gasteiger partial charge in [-0.15, -0.1) is 0 Å². The second kappa shape index (κ2) is 4.79. The molecular weight excluding hydrogens is 244 g/mol. The quantitative estimate of drug-likeness (QED) is 0.777. The lowest BCUT2D eigenvalue weighted by Crippen LogP contribution is -2.19. The van der Waals surface area contributed by atoms with Crippen molar-refractivity contribution in [1.82, 2.24) is 19.7 Å². The van der Waals surface area contributed by atoms with Crippen LogP contribution >= 0.6 is 11.6 Å². The highest BCUT2D eigenvalue weighted by Gasteiger charge is 2.05. The summed E-state index contributed by atoms with van der Waals surface area (Å²) in [5.41, 5.74) is 5.43. The van der Waals surface area contributed by atoms with Crippen molar-refractivity contribution < 1.29 is 4.79 Å². The third kappa shape index (κ3) is 3.15. The van der Waals surface area contributed by atoms with Crippen molar-refractivity contribution in [1.29, 1.82) is 0 Å². The molecule has 88 valence electrons. The number of nitrogens with one attached hydrogen (secondary N) is 1. The lowest BCUT2D eigenvalue weighted by molar-refractivity contribution is -0.116. The average Bonchev–Trinajstić information content (AvgIpc) is 2.63. The Bertz CT molecular complexity index is 540. The zero-order valence-corrected chi connectivity index (χ0v) is 9.42. The van der Waals surface area contributed by atoms with E-state index in [-0.39, 0.29) is 17.7 Å². The standard InChI is InChI=1S/C9H9ClN6O/c10-9-12-3-1-7(14-9)13-8(17)5-16-4-2-6(11)15-16/h1-4H,5H2,(H2,11,15)(H,12,13,14,17). The molecular formula is C9H9ClN6O. The summed E-state index contributed by atoms with van der Waals surface area (Å²) < 4.78 is 1.42. The van der Waals surface area contributed by atoms with E-state index in [2.05, 4.69) is 20.4 Å². The van der Waals surface area contributed by atoms with Gasteiger partial charge in [-0.1, -0.05) is 0 Å². The van der Waals surface area contributed by atoms with Crippen LogP contribution in [0.5, 0.6) is 0 Å². The number of anilines is 2. The molecule has 8 heteroatoms. The van der Waals surface area contributed by atoms with Crippen molar-refractivity contribution in [2.24, 2.45) is 0 Å². The van der Waals surface area contributed by atoms with Gasteiger partial charge in [-0.2, -0.15) is 5.10 Å². The number of nitrogens with zero attached hydrogens (tertiary/aromatic N) is 4. The molecule has 0 aromatic carbocycles. The van der Waals surface area contributed by atoms with E-state index in [9.17, 15) is 4.79 Å². The van der Waals surface area contributed by atoms with Crippen LogP contribution in [0.2, 0.25) is 5.28 Å². The monoisotopic (exact) mass is 252 g/mol. The molecule has 0 spiro atoms. The van der Waals surface area contributed by atoms with E-state index in [1.54, 1.807) is 18.3 Å². The van der Waals surface area contributed by atoms with Gasteiger partial charge in [0.25, 0.3) is 0 Å². The molecule has 0 aliphatic heterocycles. The van der Waals surface area contributed by atoms with Crippen molar-refractivity contribution in [3.8, 4) is 0 Å². The minimum atomic E-state index is -0.275. The molecule has 0 saturated heterocycles. The van der Waals surface area contributed by atoms with Gasteiger partial charge in [0, 0.05) is 12.4 Å². The highest BCUT2D eigenvalue weighted by molar-refractivity contribution is 6.28. The molecule has 0 aliphatic rings. The maximum Gasteiger partial charge on any atom is 0.247 e. The smallest absolute Gasteiger partial charge is 0.247 e. The molecule has 0 unspecified atom stereocenters. The molecule has 2 aromatic rings. The van der Waals surface area contributed by atoms with Crippen LogP contribution in [0.15, 0.2) is 24.5 Å². The van der Waals surface area contributed by atoms with E-state index < -0.39 is 0 Å². The Balaban J connectivity index is 1.98. The maximum absolute atomic E-state index is 11.6. The Morgan fingerprint density at radius 1 is 1.53 bits per heavy atom. The average molecular weight is 253 g/mol. The number of carbonyl (C=O) groups excluding carboxylic acids is 1. The molecule has 0 fully saturated rings. The maximum atomic E-state index is 11.6. The Hall–Kier alpha value is -2.15. The van der Waals surface area contributed by atoms with Crippen LogP contribution < -0.4 is 11.1 Å². The number of hydrogen-bond acceptors (Lipinski definition) is 5. The summed E-state index contributed by atoms with van der Waals surface area (Å²) in [4.78, 5) is 19.1. The molecule has 3 N–H and O–H groups in total. The van der Waals surface area contributed by atoms with Crippen LogP contribution in [0.3, 0.4) is 0 Å². The van der Waals surface area contributed by atoms with Gasteiger partial charge in [0.1, 0.15) is 18.2 Å². The third-order valence-electron chi connectivity index (χ3n) is 1.86. The Labute approximate surface area is 102 Å². The summed E-state index contributed by atoms with van der Waals surface area (Å²) in [5, 5.41) is 6.52. The molecule has 7 nitrogen and oxygen atoms in total. The molecule has 0 bridgehead atoms. The summed E-state index contributed by atoms with van der Waals surface area (Å²) >= 11 is 5.58. The van der Waals surface area contributed by atoms with Crippen molar-refractivity contribution in [3.63, 3.8) is 0 Å². The first-order chi connectivity index (χ1) is 8.13. The number of hydrogen-bond donors (Lipinski definition) is 2. The highest BCUT2D eigenvalue weighted by atomic mass is 35.5. The first-order valence-corrected chi connectivity index (χ1v) is 5.08. The van der Waals surface area contributed by atoms with Crippen LogP contribution in [0, 0.1) is 0 Å². The number of rotatable bonds is 3. The van der Waals surface area contributed by atoms with Crippen LogP contribution in [0.4, 0.5) is 11.6 Å². The first-order valence-electron chi connectivity index (χ1n) is 4.71. The Morgan fingerprint density at radius 2 is 2.35 bits per heavy atom. The van der Waals surface area contributed by atoms with Gasteiger partial charge in [0.2, 0.25) is 11.2 Å². The van der Waals surface area contributed by atoms with Gasteiger partial charge in [0.05, 0.1) is 0 Å². The molecule has 0 aliphatic carbocycles. The minimum absolute atomic E-state index is 0.0544.